The maximum Gasteiger partial charge on any atom is 0.230 e. The van der Waals surface area contributed by atoms with Crippen LogP contribution in [-0.4, -0.2) is 39.3 Å². The van der Waals surface area contributed by atoms with Crippen LogP contribution in [0.25, 0.3) is 0 Å². The first-order chi connectivity index (χ1) is 12.3. The van der Waals surface area contributed by atoms with Gasteiger partial charge in [0.1, 0.15) is 0 Å². The van der Waals surface area contributed by atoms with Crippen LogP contribution in [0.4, 0.5) is 0 Å². The average molecular weight is 380 g/mol. The molecule has 2 fully saturated rings. The number of carbonyl (C=O) groups is 1. The molecule has 1 saturated carbocycles. The third-order valence-electron chi connectivity index (χ3n) is 5.90. The molecule has 0 bridgehead atoms. The van der Waals surface area contributed by atoms with Crippen molar-refractivity contribution in [3.63, 3.8) is 0 Å². The molecule has 1 N–H and O–H groups in total. The molecular formula is C20H29NO4S. The lowest BCUT2D eigenvalue weighted by Crippen LogP contribution is -2.50. The van der Waals surface area contributed by atoms with Gasteiger partial charge >= 0.3 is 0 Å². The Morgan fingerprint density at radius 1 is 1.08 bits per heavy atom. The second-order valence-corrected chi connectivity index (χ2v) is 10.0. The van der Waals surface area contributed by atoms with Crippen molar-refractivity contribution in [3.8, 4) is 0 Å². The molecule has 1 amide bonds. The summed E-state index contributed by atoms with van der Waals surface area (Å²) in [5, 5.41) is 3.14. The van der Waals surface area contributed by atoms with Crippen LogP contribution in [0.2, 0.25) is 0 Å². The van der Waals surface area contributed by atoms with Crippen LogP contribution < -0.4 is 5.32 Å². The van der Waals surface area contributed by atoms with Crippen LogP contribution in [0, 0.1) is 0 Å². The largest absolute Gasteiger partial charge is 0.373 e. The minimum Gasteiger partial charge on any atom is -0.373 e. The van der Waals surface area contributed by atoms with Gasteiger partial charge in [-0.2, -0.15) is 0 Å². The number of nitrogens with one attached hydrogen (secondary N) is 1. The molecule has 3 rings (SSSR count). The van der Waals surface area contributed by atoms with Crippen molar-refractivity contribution in [1.82, 2.24) is 5.32 Å². The number of amides is 1. The average Bonchev–Trinajstić information content (AvgIpc) is 3.06. The Kier molecular flexibility index (Phi) is 5.45. The quantitative estimate of drug-likeness (QED) is 0.854. The molecule has 1 aliphatic heterocycles. The van der Waals surface area contributed by atoms with Gasteiger partial charge in [-0.1, -0.05) is 31.4 Å². The molecule has 5 nitrogen and oxygen atoms in total. The van der Waals surface area contributed by atoms with E-state index in [4.69, 9.17) is 4.74 Å². The molecule has 0 unspecified atom stereocenters. The predicted molar refractivity (Wildman–Crippen MR) is 101 cm³/mol. The van der Waals surface area contributed by atoms with Crippen molar-refractivity contribution in [2.75, 3.05) is 19.4 Å². The van der Waals surface area contributed by atoms with E-state index < -0.39 is 15.3 Å². The van der Waals surface area contributed by atoms with Gasteiger partial charge in [0.05, 0.1) is 15.9 Å². The molecule has 0 spiro atoms. The molecule has 1 aromatic rings. The highest BCUT2D eigenvalue weighted by molar-refractivity contribution is 7.90. The number of hydrogen-bond acceptors (Lipinski definition) is 4. The Balaban J connectivity index is 1.82. The summed E-state index contributed by atoms with van der Waals surface area (Å²) in [4.78, 5) is 13.5. The zero-order chi connectivity index (χ0) is 18.8. The Labute approximate surface area is 156 Å². The summed E-state index contributed by atoms with van der Waals surface area (Å²) in [5.41, 5.74) is 0.0779. The lowest BCUT2D eigenvalue weighted by atomic mass is 9.68. The summed E-state index contributed by atoms with van der Waals surface area (Å²) in [6, 6.07) is 6.87. The van der Waals surface area contributed by atoms with Crippen LogP contribution in [0.3, 0.4) is 0 Å². The maximum absolute atomic E-state index is 13.2. The minimum atomic E-state index is -3.24. The molecule has 26 heavy (non-hydrogen) atoms. The number of sulfone groups is 1. The van der Waals surface area contributed by atoms with Gasteiger partial charge in [-0.25, -0.2) is 8.42 Å². The van der Waals surface area contributed by atoms with Gasteiger partial charge in [-0.05, 0) is 50.3 Å². The van der Waals surface area contributed by atoms with Crippen LogP contribution >= 0.6 is 0 Å². The van der Waals surface area contributed by atoms with E-state index in [2.05, 4.69) is 12.2 Å². The second-order valence-electron chi connectivity index (χ2n) is 8.02. The van der Waals surface area contributed by atoms with Gasteiger partial charge in [0, 0.05) is 19.4 Å². The Bertz CT molecular complexity index is 743. The fourth-order valence-corrected chi connectivity index (χ4v) is 4.87. The van der Waals surface area contributed by atoms with Gasteiger partial charge in [0.25, 0.3) is 0 Å². The van der Waals surface area contributed by atoms with Crippen molar-refractivity contribution >= 4 is 15.7 Å². The molecule has 1 atom stereocenters. The lowest BCUT2D eigenvalue weighted by molar-refractivity contribution is -0.129. The zero-order valence-corrected chi connectivity index (χ0v) is 16.5. The molecule has 6 heteroatoms. The van der Waals surface area contributed by atoms with E-state index in [-0.39, 0.29) is 11.5 Å². The number of carbonyl (C=O) groups excluding carboxylic acids is 1. The van der Waals surface area contributed by atoms with Crippen LogP contribution in [0.15, 0.2) is 29.2 Å². The third kappa shape index (κ3) is 3.96. The van der Waals surface area contributed by atoms with Crippen LogP contribution in [0.5, 0.6) is 0 Å². The molecule has 144 valence electrons. The minimum absolute atomic E-state index is 0.0426. The van der Waals surface area contributed by atoms with Crippen molar-refractivity contribution in [2.45, 2.75) is 67.8 Å². The van der Waals surface area contributed by atoms with E-state index in [0.717, 1.165) is 57.1 Å². The van der Waals surface area contributed by atoms with E-state index >= 15 is 0 Å². The normalized spacial score (nSPS) is 25.8. The summed E-state index contributed by atoms with van der Waals surface area (Å²) in [5.74, 6) is 0.0426. The number of rotatable bonds is 5. The smallest absolute Gasteiger partial charge is 0.230 e. The van der Waals surface area contributed by atoms with Crippen molar-refractivity contribution < 1.29 is 17.9 Å². The van der Waals surface area contributed by atoms with Gasteiger partial charge in [-0.15, -0.1) is 0 Å². The van der Waals surface area contributed by atoms with Crippen molar-refractivity contribution in [3.05, 3.63) is 29.8 Å². The Hall–Kier alpha value is -1.40. The highest BCUT2D eigenvalue weighted by Crippen LogP contribution is 2.40. The molecule has 1 heterocycles. The van der Waals surface area contributed by atoms with E-state index in [0.29, 0.717) is 11.4 Å². The van der Waals surface area contributed by atoms with E-state index in [1.807, 2.05) is 12.1 Å². The van der Waals surface area contributed by atoms with E-state index in [1.54, 1.807) is 12.1 Å². The Morgan fingerprint density at radius 3 is 2.27 bits per heavy atom. The summed E-state index contributed by atoms with van der Waals surface area (Å²) in [6.45, 7) is 3.33. The molecule has 2 aliphatic rings. The van der Waals surface area contributed by atoms with Crippen molar-refractivity contribution in [2.24, 2.45) is 0 Å². The molecular weight excluding hydrogens is 350 g/mol. The topological polar surface area (TPSA) is 72.5 Å². The maximum atomic E-state index is 13.2. The summed E-state index contributed by atoms with van der Waals surface area (Å²) in [7, 11) is -3.24. The molecule has 0 radical (unpaired) electrons. The summed E-state index contributed by atoms with van der Waals surface area (Å²) < 4.78 is 29.2. The highest BCUT2D eigenvalue weighted by atomic mass is 32.2. The first kappa shape index (κ1) is 19.4. The second kappa shape index (κ2) is 7.31. The summed E-state index contributed by atoms with van der Waals surface area (Å²) in [6.07, 6.45) is 7.95. The van der Waals surface area contributed by atoms with E-state index in [1.165, 1.54) is 6.26 Å². The SMILES string of the molecule is C[C@@]1(CNC(=O)C2(c3ccc(S(C)(=O)=O)cc3)CCCCC2)CCCO1. The highest BCUT2D eigenvalue weighted by Gasteiger charge is 2.42. The van der Waals surface area contributed by atoms with Crippen molar-refractivity contribution in [1.29, 1.82) is 0 Å². The third-order valence-corrected chi connectivity index (χ3v) is 7.03. The number of ether oxygens (including phenoxy) is 1. The first-order valence-electron chi connectivity index (χ1n) is 9.48. The fraction of sp³-hybridized carbons (Fsp3) is 0.650. The molecule has 1 saturated heterocycles. The van der Waals surface area contributed by atoms with E-state index in [9.17, 15) is 13.2 Å². The molecule has 1 aliphatic carbocycles. The predicted octanol–water partition coefficient (Wildman–Crippen LogP) is 2.98. The summed E-state index contributed by atoms with van der Waals surface area (Å²) >= 11 is 0. The molecule has 0 aromatic heterocycles. The van der Waals surface area contributed by atoms with Gasteiger partial charge in [0.15, 0.2) is 9.84 Å². The molecule has 1 aromatic carbocycles. The van der Waals surface area contributed by atoms with Gasteiger partial charge in [0.2, 0.25) is 5.91 Å². The van der Waals surface area contributed by atoms with Gasteiger partial charge in [-0.3, -0.25) is 4.79 Å². The lowest BCUT2D eigenvalue weighted by Gasteiger charge is -2.37. The van der Waals surface area contributed by atoms with Crippen LogP contribution in [-0.2, 0) is 24.8 Å². The van der Waals surface area contributed by atoms with Gasteiger partial charge < -0.3 is 10.1 Å². The number of hydrogen-bond donors (Lipinski definition) is 1. The van der Waals surface area contributed by atoms with Crippen LogP contribution in [0.1, 0.15) is 57.4 Å². The first-order valence-corrected chi connectivity index (χ1v) is 11.4. The number of benzene rings is 1. The fourth-order valence-electron chi connectivity index (χ4n) is 4.24. The zero-order valence-electron chi connectivity index (χ0n) is 15.7. The Morgan fingerprint density at radius 2 is 1.73 bits per heavy atom. The standard InChI is InChI=1S/C20H29NO4S/c1-19(11-6-14-25-19)15-21-18(22)20(12-4-3-5-13-20)16-7-9-17(10-8-16)26(2,23)24/h7-10H,3-6,11-15H2,1-2H3,(H,21,22)/t19-/m0/s1. The monoisotopic (exact) mass is 379 g/mol.